The maximum absolute atomic E-state index is 11.2. The molecule has 0 aromatic carbocycles. The summed E-state index contributed by atoms with van der Waals surface area (Å²) < 4.78 is 6.29. The molecule has 0 radical (unpaired) electrons. The van der Waals surface area contributed by atoms with Crippen LogP contribution in [-0.4, -0.2) is 28.3 Å². The van der Waals surface area contributed by atoms with Crippen molar-refractivity contribution in [2.75, 3.05) is 6.54 Å². The third-order valence-electron chi connectivity index (χ3n) is 1.93. The highest BCUT2D eigenvalue weighted by atomic mass is 16.6. The Morgan fingerprint density at radius 3 is 3.14 bits per heavy atom. The molecule has 74 valence electrons. The Kier molecular flexibility index (Phi) is 2.18. The summed E-state index contributed by atoms with van der Waals surface area (Å²) in [4.78, 5) is 25.5. The summed E-state index contributed by atoms with van der Waals surface area (Å²) in [5.41, 5.74) is -0.338. The number of rotatable bonds is 2. The molecule has 1 aliphatic rings. The van der Waals surface area contributed by atoms with E-state index in [4.69, 9.17) is 4.74 Å². The second-order valence-corrected chi connectivity index (χ2v) is 2.96. The highest BCUT2D eigenvalue weighted by molar-refractivity contribution is 5.69. The van der Waals surface area contributed by atoms with Gasteiger partial charge in [0.1, 0.15) is 6.10 Å². The number of hydrogen-bond donors (Lipinski definition) is 1. The quantitative estimate of drug-likeness (QED) is 0.680. The lowest BCUT2D eigenvalue weighted by atomic mass is 10.3. The standard InChI is InChI=1S/C8H9N3O3/c12-7-9-2-1-3-11(7)5-6-4-10-8(13)14-6/h1-3,6H,4-5H2,(H,10,13). The van der Waals surface area contributed by atoms with Gasteiger partial charge in [0.05, 0.1) is 13.1 Å². The molecule has 0 spiro atoms. The third kappa shape index (κ3) is 1.73. The van der Waals surface area contributed by atoms with E-state index < -0.39 is 6.09 Å². The van der Waals surface area contributed by atoms with E-state index in [9.17, 15) is 9.59 Å². The number of cyclic esters (lactones) is 1. The number of nitrogens with one attached hydrogen (secondary N) is 1. The summed E-state index contributed by atoms with van der Waals surface area (Å²) in [5, 5.41) is 2.51. The summed E-state index contributed by atoms with van der Waals surface area (Å²) in [6.45, 7) is 0.769. The van der Waals surface area contributed by atoms with Crippen LogP contribution in [0.3, 0.4) is 0 Å². The number of carbonyl (C=O) groups excluding carboxylic acids is 1. The van der Waals surface area contributed by atoms with Gasteiger partial charge in [-0.05, 0) is 6.07 Å². The van der Waals surface area contributed by atoms with Gasteiger partial charge in [-0.2, -0.15) is 0 Å². The zero-order chi connectivity index (χ0) is 9.97. The van der Waals surface area contributed by atoms with Gasteiger partial charge in [0, 0.05) is 12.4 Å². The van der Waals surface area contributed by atoms with Crippen molar-refractivity contribution in [1.29, 1.82) is 0 Å². The third-order valence-corrected chi connectivity index (χ3v) is 1.93. The van der Waals surface area contributed by atoms with Crippen LogP contribution in [0.15, 0.2) is 23.3 Å². The van der Waals surface area contributed by atoms with Gasteiger partial charge in [0.15, 0.2) is 0 Å². The van der Waals surface area contributed by atoms with Gasteiger partial charge in [0.2, 0.25) is 0 Å². The van der Waals surface area contributed by atoms with Crippen LogP contribution in [0.2, 0.25) is 0 Å². The van der Waals surface area contributed by atoms with Crippen LogP contribution in [0.4, 0.5) is 4.79 Å². The highest BCUT2D eigenvalue weighted by Gasteiger charge is 2.22. The summed E-state index contributed by atoms with van der Waals surface area (Å²) in [6.07, 6.45) is 2.32. The summed E-state index contributed by atoms with van der Waals surface area (Å²) in [6, 6.07) is 1.66. The van der Waals surface area contributed by atoms with Gasteiger partial charge in [-0.3, -0.25) is 4.57 Å². The minimum Gasteiger partial charge on any atom is -0.442 e. The first kappa shape index (κ1) is 8.74. The fourth-order valence-electron chi connectivity index (χ4n) is 1.28. The van der Waals surface area contributed by atoms with Gasteiger partial charge in [-0.25, -0.2) is 14.6 Å². The first-order chi connectivity index (χ1) is 6.75. The van der Waals surface area contributed by atoms with Crippen LogP contribution < -0.4 is 11.0 Å². The first-order valence-corrected chi connectivity index (χ1v) is 4.21. The SMILES string of the molecule is O=C1NCC(Cn2cccnc2=O)O1. The predicted molar refractivity (Wildman–Crippen MR) is 46.8 cm³/mol. The Morgan fingerprint density at radius 2 is 2.50 bits per heavy atom. The molecule has 0 saturated carbocycles. The molecule has 1 aliphatic heterocycles. The molecule has 1 atom stereocenters. The Balaban J connectivity index is 2.08. The molecule has 1 fully saturated rings. The van der Waals surface area contributed by atoms with Crippen LogP contribution in [0.1, 0.15) is 0 Å². The molecule has 0 bridgehead atoms. The number of carbonyl (C=O) groups is 1. The minimum atomic E-state index is -0.438. The lowest BCUT2D eigenvalue weighted by Gasteiger charge is -2.08. The van der Waals surface area contributed by atoms with Crippen molar-refractivity contribution in [3.05, 3.63) is 28.9 Å². The van der Waals surface area contributed by atoms with Crippen molar-refractivity contribution in [3.63, 3.8) is 0 Å². The van der Waals surface area contributed by atoms with Crippen LogP contribution >= 0.6 is 0 Å². The summed E-state index contributed by atoms with van der Waals surface area (Å²) >= 11 is 0. The molecule has 2 heterocycles. The molecule has 2 rings (SSSR count). The van der Waals surface area contributed by atoms with E-state index in [-0.39, 0.29) is 11.8 Å². The van der Waals surface area contributed by atoms with Crippen LogP contribution in [0.25, 0.3) is 0 Å². The molecular weight excluding hydrogens is 186 g/mol. The lowest BCUT2D eigenvalue weighted by molar-refractivity contribution is 0.130. The fraction of sp³-hybridized carbons (Fsp3) is 0.375. The maximum atomic E-state index is 11.2. The molecule has 6 heteroatoms. The van der Waals surface area contributed by atoms with Crippen molar-refractivity contribution in [1.82, 2.24) is 14.9 Å². The van der Waals surface area contributed by atoms with Crippen molar-refractivity contribution in [3.8, 4) is 0 Å². The number of hydrogen-bond acceptors (Lipinski definition) is 4. The number of aromatic nitrogens is 2. The van der Waals surface area contributed by atoms with Gasteiger partial charge in [0.25, 0.3) is 0 Å². The van der Waals surface area contributed by atoms with Crippen LogP contribution in [-0.2, 0) is 11.3 Å². The number of amides is 1. The van der Waals surface area contributed by atoms with E-state index in [1.54, 1.807) is 12.3 Å². The molecule has 1 amide bonds. The molecule has 14 heavy (non-hydrogen) atoms. The van der Waals surface area contributed by atoms with E-state index in [2.05, 4.69) is 10.3 Å². The van der Waals surface area contributed by atoms with Gasteiger partial charge in [-0.1, -0.05) is 0 Å². The molecular formula is C8H9N3O3. The lowest BCUT2D eigenvalue weighted by Crippen LogP contribution is -2.29. The Labute approximate surface area is 79.5 Å². The van der Waals surface area contributed by atoms with E-state index >= 15 is 0 Å². The zero-order valence-electron chi connectivity index (χ0n) is 7.34. The molecule has 1 aromatic heterocycles. The highest BCUT2D eigenvalue weighted by Crippen LogP contribution is 2.01. The topological polar surface area (TPSA) is 73.2 Å². The number of alkyl carbamates (subject to hydrolysis) is 1. The molecule has 1 unspecified atom stereocenters. The smallest absolute Gasteiger partial charge is 0.407 e. The van der Waals surface area contributed by atoms with E-state index in [0.717, 1.165) is 0 Å². The van der Waals surface area contributed by atoms with Crippen molar-refractivity contribution >= 4 is 6.09 Å². The van der Waals surface area contributed by atoms with Crippen molar-refractivity contribution in [2.24, 2.45) is 0 Å². The first-order valence-electron chi connectivity index (χ1n) is 4.21. The zero-order valence-corrected chi connectivity index (χ0v) is 7.34. The maximum Gasteiger partial charge on any atom is 0.407 e. The van der Waals surface area contributed by atoms with Crippen LogP contribution in [0.5, 0.6) is 0 Å². The van der Waals surface area contributed by atoms with Gasteiger partial charge < -0.3 is 10.1 Å². The second-order valence-electron chi connectivity index (χ2n) is 2.96. The van der Waals surface area contributed by atoms with E-state index in [1.165, 1.54) is 10.8 Å². The predicted octanol–water partition coefficient (Wildman–Crippen LogP) is -0.648. The second kappa shape index (κ2) is 3.49. The Hall–Kier alpha value is -1.85. The van der Waals surface area contributed by atoms with E-state index in [1.807, 2.05) is 0 Å². The summed E-state index contributed by atoms with van der Waals surface area (Å²) in [5.74, 6) is 0. The monoisotopic (exact) mass is 195 g/mol. The number of ether oxygens (including phenoxy) is 1. The Bertz CT molecular complexity index is 401. The molecule has 0 aliphatic carbocycles. The summed E-state index contributed by atoms with van der Waals surface area (Å²) in [7, 11) is 0. The van der Waals surface area contributed by atoms with Gasteiger partial charge in [-0.15, -0.1) is 0 Å². The van der Waals surface area contributed by atoms with Crippen molar-refractivity contribution < 1.29 is 9.53 Å². The number of nitrogens with zero attached hydrogens (tertiary/aromatic N) is 2. The minimum absolute atomic E-state index is 0.288. The molecule has 1 saturated heterocycles. The average Bonchev–Trinajstić information content (AvgIpc) is 2.56. The Morgan fingerprint density at radius 1 is 1.64 bits per heavy atom. The van der Waals surface area contributed by atoms with E-state index in [0.29, 0.717) is 13.1 Å². The average molecular weight is 195 g/mol. The fourth-order valence-corrected chi connectivity index (χ4v) is 1.28. The van der Waals surface area contributed by atoms with Gasteiger partial charge >= 0.3 is 11.8 Å². The molecule has 1 N–H and O–H groups in total. The normalized spacial score (nSPS) is 20.3. The molecule has 6 nitrogen and oxygen atoms in total. The van der Waals surface area contributed by atoms with Crippen LogP contribution in [0, 0.1) is 0 Å². The molecule has 1 aromatic rings. The largest absolute Gasteiger partial charge is 0.442 e. The van der Waals surface area contributed by atoms with Crippen molar-refractivity contribution in [2.45, 2.75) is 12.6 Å².